The van der Waals surface area contributed by atoms with Gasteiger partial charge in [-0.15, -0.1) is 0 Å². The fourth-order valence-electron chi connectivity index (χ4n) is 1.66. The average molecular weight is 283 g/mol. The fraction of sp³-hybridized carbons (Fsp3) is 0.455. The number of hydrogen-bond acceptors (Lipinski definition) is 5. The van der Waals surface area contributed by atoms with E-state index >= 15 is 0 Å². The topological polar surface area (TPSA) is 78.0 Å². The number of imidazole rings is 1. The van der Waals surface area contributed by atoms with Gasteiger partial charge >= 0.3 is 0 Å². The minimum absolute atomic E-state index is 0.00995. The number of H-pyrrole nitrogens is 1. The van der Waals surface area contributed by atoms with Gasteiger partial charge in [-0.1, -0.05) is 0 Å². The van der Waals surface area contributed by atoms with Crippen molar-refractivity contribution in [1.82, 2.24) is 24.8 Å². The van der Waals surface area contributed by atoms with Gasteiger partial charge in [-0.3, -0.25) is 4.79 Å². The molecule has 1 amide bonds. The van der Waals surface area contributed by atoms with Crippen LogP contribution in [0.4, 0.5) is 5.82 Å². The van der Waals surface area contributed by atoms with Crippen LogP contribution in [0.5, 0.6) is 0 Å². The summed E-state index contributed by atoms with van der Waals surface area (Å²) in [7, 11) is 3.43. The molecule has 0 aliphatic rings. The Labute approximate surface area is 115 Å². The van der Waals surface area contributed by atoms with Gasteiger partial charge in [0.1, 0.15) is 5.52 Å². The van der Waals surface area contributed by atoms with Gasteiger partial charge in [0.05, 0.1) is 12.9 Å². The molecule has 0 bridgehead atoms. The Kier molecular flexibility index (Phi) is 3.84. The van der Waals surface area contributed by atoms with E-state index in [-0.39, 0.29) is 17.7 Å². The lowest BCUT2D eigenvalue weighted by molar-refractivity contribution is -0.127. The van der Waals surface area contributed by atoms with Gasteiger partial charge in [0.2, 0.25) is 11.2 Å². The number of nitrogens with one attached hydrogen (secondary N) is 1. The standard InChI is InChI=1S/C11H15ClN6O/c1-4-18(5-7(19)17(2)3)10-8-9(14-6-13-8)15-11(12)16-10/h6H,4-5H2,1-3H3,(H,13,14,15,16). The van der Waals surface area contributed by atoms with Crippen LogP contribution in [0.25, 0.3) is 11.2 Å². The first-order valence-corrected chi connectivity index (χ1v) is 6.22. The first-order valence-electron chi connectivity index (χ1n) is 5.84. The first kappa shape index (κ1) is 13.5. The number of anilines is 1. The summed E-state index contributed by atoms with van der Waals surface area (Å²) in [6.07, 6.45) is 1.53. The van der Waals surface area contributed by atoms with Gasteiger partial charge in [-0.25, -0.2) is 4.98 Å². The van der Waals surface area contributed by atoms with Crippen molar-refractivity contribution >= 4 is 34.5 Å². The van der Waals surface area contributed by atoms with Crippen LogP contribution in [0.15, 0.2) is 6.33 Å². The minimum atomic E-state index is -0.00995. The molecule has 0 unspecified atom stereocenters. The van der Waals surface area contributed by atoms with Crippen molar-refractivity contribution in [3.8, 4) is 0 Å². The molecule has 0 aromatic carbocycles. The Morgan fingerprint density at radius 2 is 2.16 bits per heavy atom. The van der Waals surface area contributed by atoms with Crippen molar-refractivity contribution in [2.45, 2.75) is 6.92 Å². The van der Waals surface area contributed by atoms with Crippen LogP contribution in [0.3, 0.4) is 0 Å². The van der Waals surface area contributed by atoms with Crippen molar-refractivity contribution < 1.29 is 4.79 Å². The molecule has 1 N–H and O–H groups in total. The smallest absolute Gasteiger partial charge is 0.241 e. The van der Waals surface area contributed by atoms with Crippen molar-refractivity contribution in [3.63, 3.8) is 0 Å². The van der Waals surface area contributed by atoms with Crippen molar-refractivity contribution in [1.29, 1.82) is 0 Å². The molecule has 7 nitrogen and oxygen atoms in total. The molecular formula is C11H15ClN6O. The summed E-state index contributed by atoms with van der Waals surface area (Å²) in [5, 5.41) is 0.116. The fourth-order valence-corrected chi connectivity index (χ4v) is 1.82. The third-order valence-corrected chi connectivity index (χ3v) is 2.91. The van der Waals surface area contributed by atoms with Gasteiger partial charge in [-0.2, -0.15) is 9.97 Å². The summed E-state index contributed by atoms with van der Waals surface area (Å²) in [6.45, 7) is 2.80. The second kappa shape index (κ2) is 5.40. The summed E-state index contributed by atoms with van der Waals surface area (Å²) in [5.74, 6) is 0.578. The maximum Gasteiger partial charge on any atom is 0.241 e. The zero-order valence-corrected chi connectivity index (χ0v) is 11.8. The van der Waals surface area contributed by atoms with Crippen LogP contribution in [0.2, 0.25) is 5.28 Å². The molecule has 0 atom stereocenters. The Hall–Kier alpha value is -1.89. The zero-order valence-electron chi connectivity index (χ0n) is 11.0. The number of nitrogens with zero attached hydrogens (tertiary/aromatic N) is 5. The number of hydrogen-bond donors (Lipinski definition) is 1. The Morgan fingerprint density at radius 1 is 1.42 bits per heavy atom. The van der Waals surface area contributed by atoms with E-state index < -0.39 is 0 Å². The van der Waals surface area contributed by atoms with Crippen LogP contribution in [0.1, 0.15) is 6.92 Å². The molecule has 0 saturated carbocycles. The van der Waals surface area contributed by atoms with Crippen LogP contribution in [-0.2, 0) is 4.79 Å². The molecule has 2 heterocycles. The third kappa shape index (κ3) is 2.76. The second-order valence-electron chi connectivity index (χ2n) is 4.22. The summed E-state index contributed by atoms with van der Waals surface area (Å²) >= 11 is 5.88. The van der Waals surface area contributed by atoms with Crippen molar-refractivity contribution in [3.05, 3.63) is 11.6 Å². The normalized spacial score (nSPS) is 10.7. The van der Waals surface area contributed by atoms with Gasteiger partial charge in [-0.05, 0) is 18.5 Å². The highest BCUT2D eigenvalue weighted by Gasteiger charge is 2.18. The summed E-state index contributed by atoms with van der Waals surface area (Å²) in [6, 6.07) is 0. The molecule has 2 aromatic heterocycles. The predicted molar refractivity (Wildman–Crippen MR) is 73.3 cm³/mol. The van der Waals surface area contributed by atoms with E-state index in [1.165, 1.54) is 11.2 Å². The van der Waals surface area contributed by atoms with Gasteiger partial charge in [0.15, 0.2) is 11.5 Å². The Balaban J connectivity index is 2.40. The average Bonchev–Trinajstić information content (AvgIpc) is 2.82. The summed E-state index contributed by atoms with van der Waals surface area (Å²) in [4.78, 5) is 30.4. The van der Waals surface area contributed by atoms with Crippen molar-refractivity contribution in [2.24, 2.45) is 0 Å². The monoisotopic (exact) mass is 282 g/mol. The summed E-state index contributed by atoms with van der Waals surface area (Å²) in [5.41, 5.74) is 1.17. The lowest BCUT2D eigenvalue weighted by atomic mass is 10.4. The molecule has 102 valence electrons. The number of amides is 1. The number of likely N-dealkylation sites (N-methyl/N-ethyl adjacent to an activating group) is 2. The van der Waals surface area contributed by atoms with Crippen LogP contribution >= 0.6 is 11.6 Å². The highest BCUT2D eigenvalue weighted by atomic mass is 35.5. The van der Waals surface area contributed by atoms with Crippen LogP contribution < -0.4 is 4.90 Å². The number of aromatic nitrogens is 4. The van der Waals surface area contributed by atoms with Crippen molar-refractivity contribution in [2.75, 3.05) is 32.1 Å². The lowest BCUT2D eigenvalue weighted by Gasteiger charge is -2.23. The highest BCUT2D eigenvalue weighted by molar-refractivity contribution is 6.28. The van der Waals surface area contributed by atoms with E-state index in [9.17, 15) is 4.79 Å². The van der Waals surface area contributed by atoms with E-state index in [0.717, 1.165) is 0 Å². The quantitative estimate of drug-likeness (QED) is 0.844. The van der Waals surface area contributed by atoms with E-state index in [2.05, 4.69) is 19.9 Å². The van der Waals surface area contributed by atoms with Gasteiger partial charge in [0.25, 0.3) is 0 Å². The molecule has 0 aliphatic carbocycles. The predicted octanol–water partition coefficient (Wildman–Crippen LogP) is 0.921. The maximum atomic E-state index is 11.8. The van der Waals surface area contributed by atoms with Gasteiger partial charge in [0, 0.05) is 20.6 Å². The number of carbonyl (C=O) groups is 1. The molecule has 0 aliphatic heterocycles. The minimum Gasteiger partial charge on any atom is -0.347 e. The first-order chi connectivity index (χ1) is 9.02. The Morgan fingerprint density at radius 3 is 2.79 bits per heavy atom. The molecule has 2 rings (SSSR count). The number of carbonyl (C=O) groups excluding carboxylic acids is 1. The van der Waals surface area contributed by atoms with Gasteiger partial charge < -0.3 is 14.8 Å². The molecular weight excluding hydrogens is 268 g/mol. The molecule has 0 fully saturated rings. The second-order valence-corrected chi connectivity index (χ2v) is 4.56. The Bertz CT molecular complexity index is 596. The molecule has 19 heavy (non-hydrogen) atoms. The number of rotatable bonds is 4. The number of fused-ring (bicyclic) bond motifs is 1. The SMILES string of the molecule is CCN(CC(=O)N(C)C)c1nc(Cl)nc2nc[nH]c12. The third-order valence-electron chi connectivity index (χ3n) is 2.75. The van der Waals surface area contributed by atoms with Crippen LogP contribution in [-0.4, -0.2) is 57.9 Å². The van der Waals surface area contributed by atoms with E-state index in [4.69, 9.17) is 11.6 Å². The summed E-state index contributed by atoms with van der Waals surface area (Å²) < 4.78 is 0. The van der Waals surface area contributed by atoms with E-state index in [1.807, 2.05) is 11.8 Å². The van der Waals surface area contributed by atoms with E-state index in [0.29, 0.717) is 23.5 Å². The molecule has 2 aromatic rings. The lowest BCUT2D eigenvalue weighted by Crippen LogP contribution is -2.37. The molecule has 8 heteroatoms. The number of aromatic amines is 1. The molecule has 0 radical (unpaired) electrons. The highest BCUT2D eigenvalue weighted by Crippen LogP contribution is 2.22. The molecule has 0 spiro atoms. The van der Waals surface area contributed by atoms with Crippen LogP contribution in [0, 0.1) is 0 Å². The largest absolute Gasteiger partial charge is 0.347 e. The van der Waals surface area contributed by atoms with E-state index in [1.54, 1.807) is 14.1 Å². The number of halogens is 1. The zero-order chi connectivity index (χ0) is 14.0. The molecule has 0 saturated heterocycles. The maximum absolute atomic E-state index is 11.8.